The van der Waals surface area contributed by atoms with Gasteiger partial charge in [-0.15, -0.1) is 23.5 Å². The number of nitrogens with zero attached hydrogens (tertiary/aromatic N) is 10. The van der Waals surface area contributed by atoms with Gasteiger partial charge >= 0.3 is 0 Å². The van der Waals surface area contributed by atoms with Gasteiger partial charge in [-0.2, -0.15) is 0 Å². The number of sulfonamides is 2. The molecular formula is C78H73Cl3N14O8S4. The van der Waals surface area contributed by atoms with Crippen LogP contribution in [0.2, 0.25) is 15.2 Å². The predicted octanol–water partition coefficient (Wildman–Crippen LogP) is 16.6. The topological polar surface area (TPSA) is 281 Å². The summed E-state index contributed by atoms with van der Waals surface area (Å²) in [6.45, 7) is 10.1. The van der Waals surface area contributed by atoms with Gasteiger partial charge in [-0.05, 0) is 143 Å². The molecule has 0 bridgehead atoms. The van der Waals surface area contributed by atoms with E-state index < -0.39 is 29.9 Å². The highest BCUT2D eigenvalue weighted by molar-refractivity contribution is 7.99. The van der Waals surface area contributed by atoms with Gasteiger partial charge in [0.1, 0.15) is 29.2 Å². The third-order valence-corrected chi connectivity index (χ3v) is 22.9. The number of aromatic nitrogens is 4. The first kappa shape index (κ1) is 76.7. The van der Waals surface area contributed by atoms with Crippen molar-refractivity contribution in [1.29, 1.82) is 0 Å². The van der Waals surface area contributed by atoms with Crippen LogP contribution in [-0.4, -0.2) is 133 Å². The number of halogens is 3. The number of nitrogens with one attached hydrogen (secondary N) is 3. The fraction of sp³-hybridized carbons (Fsp3) is 0.179. The third kappa shape index (κ3) is 20.6. The first-order valence-corrected chi connectivity index (χ1v) is 40.2. The molecule has 2 aliphatic heterocycles. The van der Waals surface area contributed by atoms with Crippen LogP contribution in [0.1, 0.15) is 11.1 Å². The maximum absolute atomic E-state index is 13.5. The summed E-state index contributed by atoms with van der Waals surface area (Å²) in [4.78, 5) is 50.2. The SMILES string of the molecule is Clc1ccc(-c2ccccc2CN2CCN(c3ccc4c(Cl)ncnc4c3)CC2)cc1.NS(=O)(=O)c1ccc(NCCSc2ccccc2)c([N+](=O)[O-])c1.O=[N+]([O-])c1cc(S(=O)(=O)Nc2ncnc3cc(N4CCN(Cc5ccccc5-c5ccc(Cl)cc5)CC4)ccc23)ccc1NCCSc1ccccc1. The average Bonchev–Trinajstić information content (AvgIpc) is 0.792. The summed E-state index contributed by atoms with van der Waals surface area (Å²) in [6, 6.07) is 72.0. The van der Waals surface area contributed by atoms with Crippen molar-refractivity contribution in [3.8, 4) is 22.3 Å². The van der Waals surface area contributed by atoms with Crippen LogP contribution < -0.4 is 30.3 Å². The molecule has 22 nitrogen and oxygen atoms in total. The molecule has 14 rings (SSSR count). The normalized spacial score (nSPS) is 13.4. The van der Waals surface area contributed by atoms with Crippen molar-refractivity contribution in [3.63, 3.8) is 0 Å². The van der Waals surface area contributed by atoms with Gasteiger partial charge in [0, 0.05) is 144 Å². The van der Waals surface area contributed by atoms with Crippen molar-refractivity contribution in [2.24, 2.45) is 5.14 Å². The lowest BCUT2D eigenvalue weighted by molar-refractivity contribution is -0.384. The molecule has 0 radical (unpaired) electrons. The van der Waals surface area contributed by atoms with Crippen LogP contribution in [0.25, 0.3) is 44.1 Å². The van der Waals surface area contributed by atoms with E-state index >= 15 is 0 Å². The van der Waals surface area contributed by atoms with E-state index in [-0.39, 0.29) is 38.4 Å². The minimum absolute atomic E-state index is 0.0912. The van der Waals surface area contributed by atoms with E-state index in [1.807, 2.05) is 103 Å². The predicted molar refractivity (Wildman–Crippen MR) is 433 cm³/mol. The first-order valence-electron chi connectivity index (χ1n) is 34.0. The van der Waals surface area contributed by atoms with Gasteiger partial charge in [-0.25, -0.2) is 41.9 Å². The van der Waals surface area contributed by atoms with Crippen molar-refractivity contribution in [2.75, 3.05) is 102 Å². The number of thioether (sulfide) groups is 2. The molecule has 0 unspecified atom stereocenters. The molecule has 29 heteroatoms. The van der Waals surface area contributed by atoms with E-state index in [1.54, 1.807) is 29.6 Å². The summed E-state index contributed by atoms with van der Waals surface area (Å²) in [6.07, 6.45) is 2.83. The lowest BCUT2D eigenvalue weighted by atomic mass is 9.99. The Balaban J connectivity index is 0.000000167. The zero-order chi connectivity index (χ0) is 74.9. The Bertz CT molecular complexity index is 5330. The third-order valence-electron chi connectivity index (χ3n) is 17.9. The minimum Gasteiger partial charge on any atom is -0.379 e. The number of nitro benzene ring substituents is 2. The highest BCUT2D eigenvalue weighted by Gasteiger charge is 2.26. The van der Waals surface area contributed by atoms with Gasteiger partial charge in [0.05, 0.1) is 30.7 Å². The number of hydrogen-bond donors (Lipinski definition) is 4. The second-order valence-corrected chi connectivity index (χ2v) is 31.7. The first-order chi connectivity index (χ1) is 51.8. The second-order valence-electron chi connectivity index (χ2n) is 24.8. The number of nitro groups is 2. The van der Waals surface area contributed by atoms with Crippen LogP contribution in [0.4, 0.5) is 39.9 Å². The summed E-state index contributed by atoms with van der Waals surface area (Å²) >= 11 is 21.6. The van der Waals surface area contributed by atoms with E-state index in [0.717, 1.165) is 115 Å². The molecule has 0 atom stereocenters. The van der Waals surface area contributed by atoms with Crippen molar-refractivity contribution < 1.29 is 26.7 Å². The highest BCUT2D eigenvalue weighted by Crippen LogP contribution is 2.35. The fourth-order valence-corrected chi connectivity index (χ4v) is 16.0. The molecule has 2 aliphatic rings. The number of benzene rings is 10. The molecule has 2 fully saturated rings. The Kier molecular flexibility index (Phi) is 25.9. The van der Waals surface area contributed by atoms with E-state index in [0.29, 0.717) is 45.7 Å². The molecule has 0 aliphatic carbocycles. The van der Waals surface area contributed by atoms with Crippen LogP contribution in [-0.2, 0) is 33.1 Å². The maximum Gasteiger partial charge on any atom is 0.293 e. The largest absolute Gasteiger partial charge is 0.379 e. The van der Waals surface area contributed by atoms with Crippen molar-refractivity contribution in [2.45, 2.75) is 32.7 Å². The Labute approximate surface area is 643 Å². The van der Waals surface area contributed by atoms with Gasteiger partial charge in [0.2, 0.25) is 10.0 Å². The summed E-state index contributed by atoms with van der Waals surface area (Å²) in [5, 5.41) is 37.4. The molecule has 107 heavy (non-hydrogen) atoms. The Morgan fingerprint density at radius 3 is 1.35 bits per heavy atom. The van der Waals surface area contributed by atoms with E-state index in [9.17, 15) is 37.1 Å². The molecule has 2 aromatic heterocycles. The van der Waals surface area contributed by atoms with Gasteiger partial charge < -0.3 is 20.4 Å². The maximum atomic E-state index is 13.5. The van der Waals surface area contributed by atoms with Gasteiger partial charge in [0.25, 0.3) is 21.4 Å². The van der Waals surface area contributed by atoms with E-state index in [2.05, 4.69) is 140 Å². The molecule has 0 saturated carbocycles. The standard InChI is InChI=1S/C39H36ClN7O4S2.C25H22Cl2N4.C14H15N3O4S2/c40-30-12-10-28(11-13-30)34-9-5-4-6-29(34)26-45-19-21-46(22-20-45)31-14-16-35-37(24-31)42-27-43-39(35)44-53(50,51)33-15-17-36(38(25-33)47(48)49)41-18-23-52-32-7-2-1-3-8-32;26-20-7-5-18(6-8-20)22-4-2-1-3-19(22)16-30-11-13-31(14-12-30)21-9-10-23-24(15-21)28-17-29-25(23)27;15-23(20,21)12-6-7-13(14(10-12)17(18)19)16-8-9-22-11-4-2-1-3-5-11/h1-17,24-25,27,41H,18-23,26H2,(H,42,43,44);1-10,15,17H,11-14,16H2;1-7,10,16H,8-9H2,(H2,15,20,21). The fourth-order valence-electron chi connectivity index (χ4n) is 12.4. The minimum atomic E-state index is -4.22. The summed E-state index contributed by atoms with van der Waals surface area (Å²) < 4.78 is 52.1. The average molecular weight is 1570 g/mol. The van der Waals surface area contributed by atoms with Gasteiger partial charge in [-0.3, -0.25) is 34.8 Å². The molecule has 10 aromatic carbocycles. The molecule has 12 aromatic rings. The number of piperazine rings is 2. The lowest BCUT2D eigenvalue weighted by Crippen LogP contribution is -2.46. The second kappa shape index (κ2) is 36.1. The van der Waals surface area contributed by atoms with Crippen molar-refractivity contribution in [1.82, 2.24) is 29.7 Å². The number of hydrogen-bond acceptors (Lipinski definition) is 20. The Hall–Kier alpha value is -9.97. The van der Waals surface area contributed by atoms with Crippen molar-refractivity contribution in [3.05, 3.63) is 290 Å². The molecule has 4 heterocycles. The lowest BCUT2D eigenvalue weighted by Gasteiger charge is -2.36. The molecule has 5 N–H and O–H groups in total. The summed E-state index contributed by atoms with van der Waals surface area (Å²) in [5.74, 6) is 1.47. The molecule has 548 valence electrons. The Morgan fingerprint density at radius 2 is 0.879 bits per heavy atom. The number of fused-ring (bicyclic) bond motifs is 2. The molecule has 2 saturated heterocycles. The van der Waals surface area contributed by atoms with Crippen LogP contribution in [0, 0.1) is 20.2 Å². The highest BCUT2D eigenvalue weighted by atomic mass is 35.5. The molecular weight excluding hydrogens is 1500 g/mol. The number of rotatable bonds is 24. The molecule has 0 amide bonds. The summed E-state index contributed by atoms with van der Waals surface area (Å²) in [5.41, 5.74) is 10.9. The van der Waals surface area contributed by atoms with Crippen LogP contribution in [0.5, 0.6) is 0 Å². The number of nitrogens with two attached hydrogens (primary N) is 1. The van der Waals surface area contributed by atoms with E-state index in [4.69, 9.17) is 39.9 Å². The summed E-state index contributed by atoms with van der Waals surface area (Å²) in [7, 11) is -8.20. The van der Waals surface area contributed by atoms with Crippen LogP contribution in [0.3, 0.4) is 0 Å². The van der Waals surface area contributed by atoms with Gasteiger partial charge in [-0.1, -0.05) is 144 Å². The smallest absolute Gasteiger partial charge is 0.293 e. The Morgan fingerprint density at radius 1 is 0.458 bits per heavy atom. The quantitative estimate of drug-likeness (QED) is 0.0144. The monoisotopic (exact) mass is 1570 g/mol. The zero-order valence-electron chi connectivity index (χ0n) is 57.6. The molecule has 0 spiro atoms. The van der Waals surface area contributed by atoms with E-state index in [1.165, 1.54) is 70.4 Å². The van der Waals surface area contributed by atoms with Gasteiger partial charge in [0.15, 0.2) is 5.82 Å². The van der Waals surface area contributed by atoms with Crippen molar-refractivity contribution >= 4 is 140 Å². The zero-order valence-corrected chi connectivity index (χ0v) is 63.1. The number of anilines is 5. The number of primary sulfonamides is 1. The van der Waals surface area contributed by atoms with Crippen LogP contribution in [0.15, 0.2) is 263 Å². The van der Waals surface area contributed by atoms with Crippen LogP contribution >= 0.6 is 58.3 Å².